The molecule has 0 radical (unpaired) electrons. The molecule has 4 heteroatoms. The second-order valence-corrected chi connectivity index (χ2v) is 6.80. The highest BCUT2D eigenvalue weighted by atomic mass is 16.5. The minimum atomic E-state index is -0.251. The second-order valence-electron chi connectivity index (χ2n) is 6.80. The summed E-state index contributed by atoms with van der Waals surface area (Å²) in [6, 6.07) is 8.62. The van der Waals surface area contributed by atoms with Crippen molar-refractivity contribution >= 4 is 5.97 Å². The number of hydrogen-bond donors (Lipinski definition) is 1. The van der Waals surface area contributed by atoms with Gasteiger partial charge in [-0.25, -0.2) is 0 Å². The smallest absolute Gasteiger partial charge is 0.308 e. The van der Waals surface area contributed by atoms with Crippen LogP contribution >= 0.6 is 0 Å². The van der Waals surface area contributed by atoms with Gasteiger partial charge in [0.25, 0.3) is 0 Å². The minimum Gasteiger partial charge on any atom is -0.427 e. The molecule has 126 valence electrons. The average Bonchev–Trinajstić information content (AvgIpc) is 2.57. The maximum absolute atomic E-state index is 11.3. The molecule has 3 rings (SSSR count). The molecule has 23 heavy (non-hydrogen) atoms. The van der Waals surface area contributed by atoms with Gasteiger partial charge in [0, 0.05) is 39.1 Å². The molecule has 1 aliphatic carbocycles. The summed E-state index contributed by atoms with van der Waals surface area (Å²) >= 11 is 0. The molecule has 1 heterocycles. The zero-order valence-corrected chi connectivity index (χ0v) is 14.1. The predicted molar refractivity (Wildman–Crippen MR) is 91.5 cm³/mol. The Bertz CT molecular complexity index is 502. The molecule has 1 aromatic carbocycles. The van der Waals surface area contributed by atoms with E-state index in [0.29, 0.717) is 11.8 Å². The lowest BCUT2D eigenvalue weighted by molar-refractivity contribution is -0.131. The van der Waals surface area contributed by atoms with Gasteiger partial charge in [0.05, 0.1) is 0 Å². The zero-order chi connectivity index (χ0) is 16.1. The molecular weight excluding hydrogens is 288 g/mol. The summed E-state index contributed by atoms with van der Waals surface area (Å²) in [5.74, 6) is 1.14. The minimum absolute atomic E-state index is 0.251. The van der Waals surface area contributed by atoms with Crippen LogP contribution < -0.4 is 10.1 Å². The van der Waals surface area contributed by atoms with Gasteiger partial charge in [0.1, 0.15) is 5.75 Å². The number of carbonyl (C=O) groups is 1. The number of rotatable bonds is 4. The van der Waals surface area contributed by atoms with Crippen LogP contribution in [0.5, 0.6) is 5.75 Å². The third-order valence-corrected chi connectivity index (χ3v) is 5.10. The van der Waals surface area contributed by atoms with E-state index >= 15 is 0 Å². The third-order valence-electron chi connectivity index (χ3n) is 5.10. The van der Waals surface area contributed by atoms with Crippen molar-refractivity contribution in [1.82, 2.24) is 10.2 Å². The summed E-state index contributed by atoms with van der Waals surface area (Å²) in [5.41, 5.74) is 1.30. The Labute approximate surface area is 139 Å². The topological polar surface area (TPSA) is 41.6 Å². The van der Waals surface area contributed by atoms with Crippen LogP contribution in [0.4, 0.5) is 0 Å². The van der Waals surface area contributed by atoms with E-state index in [0.717, 1.165) is 32.1 Å². The molecule has 0 spiro atoms. The largest absolute Gasteiger partial charge is 0.427 e. The van der Waals surface area contributed by atoms with E-state index in [-0.39, 0.29) is 5.97 Å². The van der Waals surface area contributed by atoms with Crippen LogP contribution in [0.3, 0.4) is 0 Å². The van der Waals surface area contributed by atoms with Gasteiger partial charge in [0.15, 0.2) is 0 Å². The SMILES string of the molecule is CC(=O)Oc1cccc([C@H](C2CCCCC2)N2CCNCC2)c1. The second kappa shape index (κ2) is 7.93. The van der Waals surface area contributed by atoms with Crippen LogP contribution in [-0.4, -0.2) is 37.0 Å². The van der Waals surface area contributed by atoms with Crippen LogP contribution in [0.1, 0.15) is 50.6 Å². The Morgan fingerprint density at radius 3 is 2.65 bits per heavy atom. The summed E-state index contributed by atoms with van der Waals surface area (Å²) < 4.78 is 5.31. The van der Waals surface area contributed by atoms with Gasteiger partial charge in [-0.2, -0.15) is 0 Å². The van der Waals surface area contributed by atoms with Crippen molar-refractivity contribution < 1.29 is 9.53 Å². The van der Waals surface area contributed by atoms with Gasteiger partial charge >= 0.3 is 5.97 Å². The predicted octanol–water partition coefficient (Wildman–Crippen LogP) is 3.14. The Hall–Kier alpha value is -1.39. The Morgan fingerprint density at radius 2 is 1.96 bits per heavy atom. The average molecular weight is 316 g/mol. The molecule has 1 aliphatic heterocycles. The van der Waals surface area contributed by atoms with Crippen LogP contribution in [0.25, 0.3) is 0 Å². The standard InChI is InChI=1S/C19H28N2O2/c1-15(22)23-18-9-5-8-17(14-18)19(16-6-3-2-4-7-16)21-12-10-20-11-13-21/h5,8-9,14,16,19-20H,2-4,6-7,10-13H2,1H3/t19-/m0/s1. The van der Waals surface area contributed by atoms with Crippen molar-refractivity contribution in [2.75, 3.05) is 26.2 Å². The fourth-order valence-corrected chi connectivity index (χ4v) is 4.12. The lowest BCUT2D eigenvalue weighted by Crippen LogP contribution is -2.47. The monoisotopic (exact) mass is 316 g/mol. The van der Waals surface area contributed by atoms with Gasteiger partial charge in [-0.3, -0.25) is 9.69 Å². The first-order valence-electron chi connectivity index (χ1n) is 8.97. The molecule has 0 unspecified atom stereocenters. The quantitative estimate of drug-likeness (QED) is 0.684. The van der Waals surface area contributed by atoms with Gasteiger partial charge in [0.2, 0.25) is 0 Å². The normalized spacial score (nSPS) is 21.8. The van der Waals surface area contributed by atoms with E-state index in [1.165, 1.54) is 44.6 Å². The number of nitrogens with zero attached hydrogens (tertiary/aromatic N) is 1. The molecule has 1 saturated heterocycles. The summed E-state index contributed by atoms with van der Waals surface area (Å²) in [5, 5.41) is 3.45. The van der Waals surface area contributed by atoms with Crippen molar-refractivity contribution in [3.05, 3.63) is 29.8 Å². The third kappa shape index (κ3) is 4.33. The highest BCUT2D eigenvalue weighted by Crippen LogP contribution is 2.39. The van der Waals surface area contributed by atoms with Gasteiger partial charge in [-0.05, 0) is 36.5 Å². The molecule has 0 bridgehead atoms. The highest BCUT2D eigenvalue weighted by molar-refractivity contribution is 5.69. The molecular formula is C19H28N2O2. The van der Waals surface area contributed by atoms with Crippen molar-refractivity contribution in [2.24, 2.45) is 5.92 Å². The van der Waals surface area contributed by atoms with Crippen molar-refractivity contribution in [1.29, 1.82) is 0 Å². The van der Waals surface area contributed by atoms with Crippen LogP contribution in [0.15, 0.2) is 24.3 Å². The van der Waals surface area contributed by atoms with Crippen LogP contribution in [0.2, 0.25) is 0 Å². The van der Waals surface area contributed by atoms with E-state index in [1.807, 2.05) is 12.1 Å². The summed E-state index contributed by atoms with van der Waals surface area (Å²) in [4.78, 5) is 13.9. The van der Waals surface area contributed by atoms with E-state index in [2.05, 4.69) is 22.3 Å². The van der Waals surface area contributed by atoms with Gasteiger partial charge in [-0.1, -0.05) is 31.4 Å². The number of hydrogen-bond acceptors (Lipinski definition) is 4. The van der Waals surface area contributed by atoms with E-state index in [4.69, 9.17) is 4.74 Å². The number of esters is 1. The first kappa shape index (κ1) is 16.5. The van der Waals surface area contributed by atoms with Crippen molar-refractivity contribution in [2.45, 2.75) is 45.1 Å². The lowest BCUT2D eigenvalue weighted by Gasteiger charge is -2.41. The molecule has 1 atom stereocenters. The maximum Gasteiger partial charge on any atom is 0.308 e. The van der Waals surface area contributed by atoms with Crippen LogP contribution in [-0.2, 0) is 4.79 Å². The van der Waals surface area contributed by atoms with Crippen LogP contribution in [0, 0.1) is 5.92 Å². The highest BCUT2D eigenvalue weighted by Gasteiger charge is 2.31. The first-order chi connectivity index (χ1) is 11.2. The Morgan fingerprint density at radius 1 is 1.22 bits per heavy atom. The maximum atomic E-state index is 11.3. The molecule has 0 aromatic heterocycles. The number of nitrogens with one attached hydrogen (secondary N) is 1. The molecule has 2 aliphatic rings. The lowest BCUT2D eigenvalue weighted by atomic mass is 9.80. The van der Waals surface area contributed by atoms with Gasteiger partial charge in [-0.15, -0.1) is 0 Å². The molecule has 0 amide bonds. The molecule has 1 saturated carbocycles. The van der Waals surface area contributed by atoms with E-state index in [9.17, 15) is 4.79 Å². The molecule has 1 N–H and O–H groups in total. The van der Waals surface area contributed by atoms with Gasteiger partial charge < -0.3 is 10.1 Å². The summed E-state index contributed by atoms with van der Waals surface area (Å²) in [6.07, 6.45) is 6.69. The molecule has 1 aromatic rings. The molecule has 4 nitrogen and oxygen atoms in total. The van der Waals surface area contributed by atoms with E-state index in [1.54, 1.807) is 0 Å². The zero-order valence-electron chi connectivity index (χ0n) is 14.1. The number of piperazine rings is 1. The number of carbonyl (C=O) groups excluding carboxylic acids is 1. The molecule has 2 fully saturated rings. The summed E-state index contributed by atoms with van der Waals surface area (Å²) in [7, 11) is 0. The fraction of sp³-hybridized carbons (Fsp3) is 0.632. The van der Waals surface area contributed by atoms with Crippen molar-refractivity contribution in [3.63, 3.8) is 0 Å². The number of ether oxygens (including phenoxy) is 1. The summed E-state index contributed by atoms with van der Waals surface area (Å²) in [6.45, 7) is 5.78. The van der Waals surface area contributed by atoms with Crippen molar-refractivity contribution in [3.8, 4) is 5.75 Å². The Kier molecular flexibility index (Phi) is 5.68. The Balaban J connectivity index is 1.85. The number of benzene rings is 1. The fourth-order valence-electron chi connectivity index (χ4n) is 4.12. The first-order valence-corrected chi connectivity index (χ1v) is 8.97. The van der Waals surface area contributed by atoms with E-state index < -0.39 is 0 Å².